The SMILES string of the molecule is Cc1cc2c(=O)n(CC(=O)Nc3ccccc3)c(C(F)(F)F)nc2[nH]1. The molecule has 2 aromatic heterocycles. The number of rotatable bonds is 3. The molecule has 0 aliphatic heterocycles. The fourth-order valence-electron chi connectivity index (χ4n) is 2.46. The van der Waals surface area contributed by atoms with Crippen molar-refractivity contribution in [3.05, 3.63) is 58.3 Å². The average Bonchev–Trinajstić information content (AvgIpc) is 2.91. The quantitative estimate of drug-likeness (QED) is 0.762. The fraction of sp³-hybridized carbons (Fsp3) is 0.188. The van der Waals surface area contributed by atoms with E-state index in [1.165, 1.54) is 6.07 Å². The molecule has 0 bridgehead atoms. The first kappa shape index (κ1) is 16.7. The normalized spacial score (nSPS) is 11.7. The van der Waals surface area contributed by atoms with Crippen molar-refractivity contribution in [3.63, 3.8) is 0 Å². The zero-order valence-corrected chi connectivity index (χ0v) is 13.0. The molecule has 0 saturated carbocycles. The van der Waals surface area contributed by atoms with Gasteiger partial charge < -0.3 is 10.3 Å². The molecule has 0 aliphatic carbocycles. The van der Waals surface area contributed by atoms with Crippen molar-refractivity contribution in [1.82, 2.24) is 14.5 Å². The molecule has 2 N–H and O–H groups in total. The highest BCUT2D eigenvalue weighted by Gasteiger charge is 2.38. The Bertz CT molecular complexity index is 990. The number of aryl methyl sites for hydroxylation is 1. The second-order valence-electron chi connectivity index (χ2n) is 5.45. The summed E-state index contributed by atoms with van der Waals surface area (Å²) in [5.41, 5.74) is -0.167. The van der Waals surface area contributed by atoms with Crippen LogP contribution >= 0.6 is 0 Å². The summed E-state index contributed by atoms with van der Waals surface area (Å²) in [6.45, 7) is 0.802. The van der Waals surface area contributed by atoms with Crippen LogP contribution < -0.4 is 10.9 Å². The number of nitrogens with one attached hydrogen (secondary N) is 2. The summed E-state index contributed by atoms with van der Waals surface area (Å²) < 4.78 is 40.2. The number of fused-ring (bicyclic) bond motifs is 1. The van der Waals surface area contributed by atoms with E-state index in [2.05, 4.69) is 15.3 Å². The summed E-state index contributed by atoms with van der Waals surface area (Å²) in [7, 11) is 0. The van der Waals surface area contributed by atoms with E-state index in [1.54, 1.807) is 37.3 Å². The number of carbonyl (C=O) groups excluding carboxylic acids is 1. The van der Waals surface area contributed by atoms with Crippen LogP contribution in [-0.4, -0.2) is 20.4 Å². The molecule has 1 amide bonds. The van der Waals surface area contributed by atoms with E-state index in [-0.39, 0.29) is 11.0 Å². The number of aromatic nitrogens is 3. The highest BCUT2D eigenvalue weighted by molar-refractivity contribution is 5.90. The molecule has 0 unspecified atom stereocenters. The van der Waals surface area contributed by atoms with E-state index in [9.17, 15) is 22.8 Å². The van der Waals surface area contributed by atoms with Crippen molar-refractivity contribution >= 4 is 22.6 Å². The molecule has 3 aromatic rings. The van der Waals surface area contributed by atoms with Crippen molar-refractivity contribution in [3.8, 4) is 0 Å². The first-order valence-electron chi connectivity index (χ1n) is 7.28. The molecule has 1 aromatic carbocycles. The Kier molecular flexibility index (Phi) is 4.07. The Morgan fingerprint density at radius 1 is 1.28 bits per heavy atom. The molecule has 0 spiro atoms. The molecular formula is C16H13F3N4O2. The van der Waals surface area contributed by atoms with Gasteiger partial charge in [-0.2, -0.15) is 13.2 Å². The first-order valence-corrected chi connectivity index (χ1v) is 7.28. The van der Waals surface area contributed by atoms with Gasteiger partial charge >= 0.3 is 6.18 Å². The first-order chi connectivity index (χ1) is 11.8. The van der Waals surface area contributed by atoms with E-state index < -0.39 is 30.0 Å². The lowest BCUT2D eigenvalue weighted by atomic mass is 10.3. The number of halogens is 3. The van der Waals surface area contributed by atoms with Crippen LogP contribution in [0.3, 0.4) is 0 Å². The van der Waals surface area contributed by atoms with Gasteiger partial charge in [0.25, 0.3) is 5.56 Å². The van der Waals surface area contributed by atoms with Gasteiger partial charge in [-0.1, -0.05) is 18.2 Å². The number of hydrogen-bond donors (Lipinski definition) is 2. The maximum atomic E-state index is 13.3. The largest absolute Gasteiger partial charge is 0.449 e. The van der Waals surface area contributed by atoms with E-state index in [0.717, 1.165) is 0 Å². The van der Waals surface area contributed by atoms with Crippen molar-refractivity contribution in [1.29, 1.82) is 0 Å². The minimum Gasteiger partial charge on any atom is -0.343 e. The highest BCUT2D eigenvalue weighted by atomic mass is 19.4. The predicted molar refractivity (Wildman–Crippen MR) is 85.2 cm³/mol. The van der Waals surface area contributed by atoms with Gasteiger partial charge in [-0.05, 0) is 25.1 Å². The van der Waals surface area contributed by atoms with E-state index >= 15 is 0 Å². The number of H-pyrrole nitrogens is 1. The Labute approximate surface area is 139 Å². The van der Waals surface area contributed by atoms with Gasteiger partial charge in [0.1, 0.15) is 12.2 Å². The van der Waals surface area contributed by atoms with Gasteiger partial charge in [0.2, 0.25) is 11.7 Å². The Morgan fingerprint density at radius 3 is 2.60 bits per heavy atom. The topological polar surface area (TPSA) is 79.8 Å². The van der Waals surface area contributed by atoms with Crippen LogP contribution in [0.2, 0.25) is 0 Å². The Balaban J connectivity index is 2.03. The third-order valence-electron chi connectivity index (χ3n) is 3.49. The van der Waals surface area contributed by atoms with Gasteiger partial charge in [-0.3, -0.25) is 14.2 Å². The Hall–Kier alpha value is -3.10. The number of aromatic amines is 1. The van der Waals surface area contributed by atoms with Gasteiger partial charge in [0.15, 0.2) is 0 Å². The minimum atomic E-state index is -4.88. The Morgan fingerprint density at radius 2 is 1.96 bits per heavy atom. The van der Waals surface area contributed by atoms with Crippen LogP contribution in [0.1, 0.15) is 11.5 Å². The van der Waals surface area contributed by atoms with Crippen LogP contribution in [-0.2, 0) is 17.5 Å². The van der Waals surface area contributed by atoms with Gasteiger partial charge in [-0.25, -0.2) is 4.98 Å². The molecule has 0 atom stereocenters. The molecule has 9 heteroatoms. The molecule has 2 heterocycles. The van der Waals surface area contributed by atoms with Crippen LogP contribution in [0.15, 0.2) is 41.2 Å². The summed E-state index contributed by atoms with van der Waals surface area (Å²) in [5.74, 6) is -2.18. The third kappa shape index (κ3) is 3.39. The second-order valence-corrected chi connectivity index (χ2v) is 5.45. The average molecular weight is 350 g/mol. The van der Waals surface area contributed by atoms with Crippen molar-refractivity contribution in [2.24, 2.45) is 0 Å². The van der Waals surface area contributed by atoms with Crippen LogP contribution in [0.5, 0.6) is 0 Å². The molecule has 6 nitrogen and oxygen atoms in total. The van der Waals surface area contributed by atoms with E-state index in [4.69, 9.17) is 0 Å². The second kappa shape index (κ2) is 6.08. The van der Waals surface area contributed by atoms with Gasteiger partial charge in [0.05, 0.1) is 5.39 Å². The lowest BCUT2D eigenvalue weighted by molar-refractivity contribution is -0.148. The minimum absolute atomic E-state index is 0.00184. The number of carbonyl (C=O) groups is 1. The van der Waals surface area contributed by atoms with E-state index in [1.807, 2.05) is 0 Å². The lowest BCUT2D eigenvalue weighted by Gasteiger charge is -2.14. The van der Waals surface area contributed by atoms with Gasteiger partial charge in [-0.15, -0.1) is 0 Å². The molecule has 130 valence electrons. The number of amides is 1. The molecule has 0 radical (unpaired) electrons. The van der Waals surface area contributed by atoms with Crippen molar-refractivity contribution < 1.29 is 18.0 Å². The van der Waals surface area contributed by atoms with Crippen LogP contribution in [0, 0.1) is 6.92 Å². The summed E-state index contributed by atoms with van der Waals surface area (Å²) >= 11 is 0. The highest BCUT2D eigenvalue weighted by Crippen LogP contribution is 2.28. The van der Waals surface area contributed by atoms with Crippen molar-refractivity contribution in [2.75, 3.05) is 5.32 Å². The van der Waals surface area contributed by atoms with Crippen LogP contribution in [0.25, 0.3) is 11.0 Å². The number of nitrogens with zero attached hydrogens (tertiary/aromatic N) is 2. The number of hydrogen-bond acceptors (Lipinski definition) is 3. The van der Waals surface area contributed by atoms with Gasteiger partial charge in [0, 0.05) is 11.4 Å². The number of benzene rings is 1. The molecule has 0 aliphatic rings. The summed E-state index contributed by atoms with van der Waals surface area (Å²) in [6, 6.07) is 9.63. The molecule has 3 rings (SSSR count). The number of para-hydroxylation sites is 1. The zero-order valence-electron chi connectivity index (χ0n) is 13.0. The number of alkyl halides is 3. The standard InChI is InChI=1S/C16H13F3N4O2/c1-9-7-11-13(20-9)22-15(16(17,18)19)23(14(11)25)8-12(24)21-10-5-3-2-4-6-10/h2-7,20H,8H2,1H3,(H,21,24). The van der Waals surface area contributed by atoms with E-state index in [0.29, 0.717) is 15.9 Å². The van der Waals surface area contributed by atoms with Crippen molar-refractivity contribution in [2.45, 2.75) is 19.6 Å². The maximum absolute atomic E-state index is 13.3. The summed E-state index contributed by atoms with van der Waals surface area (Å²) in [5, 5.41) is 2.45. The molecule has 0 saturated heterocycles. The molecule has 25 heavy (non-hydrogen) atoms. The lowest BCUT2D eigenvalue weighted by Crippen LogP contribution is -2.34. The maximum Gasteiger partial charge on any atom is 0.449 e. The monoisotopic (exact) mass is 350 g/mol. The predicted octanol–water partition coefficient (Wildman–Crippen LogP) is 2.69. The van der Waals surface area contributed by atoms with Crippen LogP contribution in [0.4, 0.5) is 18.9 Å². The summed E-state index contributed by atoms with van der Waals surface area (Å²) in [6.07, 6.45) is -4.88. The molecular weight excluding hydrogens is 337 g/mol. The molecule has 0 fully saturated rings. The fourth-order valence-corrected chi connectivity index (χ4v) is 2.46. The third-order valence-corrected chi connectivity index (χ3v) is 3.49. The summed E-state index contributed by atoms with van der Waals surface area (Å²) in [4.78, 5) is 30.6. The smallest absolute Gasteiger partial charge is 0.343 e. The zero-order chi connectivity index (χ0) is 18.2. The number of anilines is 1.